The zero-order valence-corrected chi connectivity index (χ0v) is 8.25. The molecule has 0 atom stereocenters. The average Bonchev–Trinajstić information content (AvgIpc) is 2.64. The van der Waals surface area contributed by atoms with Crippen LogP contribution in [0.2, 0.25) is 0 Å². The third-order valence-corrected chi connectivity index (χ3v) is 2.29. The summed E-state index contributed by atoms with van der Waals surface area (Å²) < 4.78 is 0. The SMILES string of the molecule is CCC(=O)N1CCN(C(=O)CC)C1. The Bertz CT molecular complexity index is 194. The van der Waals surface area contributed by atoms with Gasteiger partial charge >= 0.3 is 0 Å². The number of carbonyl (C=O) groups is 2. The standard InChI is InChI=1S/C9H16N2O2/c1-3-8(12)10-5-6-11(7-10)9(13)4-2/h3-7H2,1-2H3. The monoisotopic (exact) mass is 184 g/mol. The minimum Gasteiger partial charge on any atom is -0.323 e. The summed E-state index contributed by atoms with van der Waals surface area (Å²) in [6.45, 7) is 5.55. The third kappa shape index (κ3) is 2.20. The number of amides is 2. The Morgan fingerprint density at radius 2 is 1.38 bits per heavy atom. The Morgan fingerprint density at radius 1 is 1.00 bits per heavy atom. The van der Waals surface area contributed by atoms with E-state index in [-0.39, 0.29) is 11.8 Å². The van der Waals surface area contributed by atoms with Crippen LogP contribution in [0.5, 0.6) is 0 Å². The zero-order valence-electron chi connectivity index (χ0n) is 8.25. The lowest BCUT2D eigenvalue weighted by Crippen LogP contribution is -2.33. The average molecular weight is 184 g/mol. The normalized spacial score (nSPS) is 16.5. The lowest BCUT2D eigenvalue weighted by molar-refractivity contribution is -0.133. The molecule has 4 nitrogen and oxygen atoms in total. The van der Waals surface area contributed by atoms with Crippen LogP contribution in [0, 0.1) is 0 Å². The van der Waals surface area contributed by atoms with Gasteiger partial charge in [-0.2, -0.15) is 0 Å². The highest BCUT2D eigenvalue weighted by atomic mass is 16.2. The third-order valence-electron chi connectivity index (χ3n) is 2.29. The van der Waals surface area contributed by atoms with E-state index < -0.39 is 0 Å². The molecule has 74 valence electrons. The Hall–Kier alpha value is -1.06. The summed E-state index contributed by atoms with van der Waals surface area (Å²) in [4.78, 5) is 26.0. The van der Waals surface area contributed by atoms with Crippen LogP contribution < -0.4 is 0 Å². The van der Waals surface area contributed by atoms with Crippen molar-refractivity contribution in [1.29, 1.82) is 0 Å². The molecule has 0 unspecified atom stereocenters. The summed E-state index contributed by atoms with van der Waals surface area (Å²) in [5, 5.41) is 0. The second kappa shape index (κ2) is 4.25. The maximum atomic E-state index is 11.3. The van der Waals surface area contributed by atoms with E-state index in [4.69, 9.17) is 0 Å². The summed E-state index contributed by atoms with van der Waals surface area (Å²) in [6, 6.07) is 0. The summed E-state index contributed by atoms with van der Waals surface area (Å²) in [6.07, 6.45) is 1.04. The predicted octanol–water partition coefficient (Wildman–Crippen LogP) is 0.435. The number of nitrogens with zero attached hydrogens (tertiary/aromatic N) is 2. The smallest absolute Gasteiger partial charge is 0.223 e. The van der Waals surface area contributed by atoms with E-state index in [1.54, 1.807) is 9.80 Å². The van der Waals surface area contributed by atoms with Crippen molar-refractivity contribution in [2.45, 2.75) is 26.7 Å². The first-order valence-corrected chi connectivity index (χ1v) is 4.74. The molecule has 1 aliphatic rings. The molecule has 1 fully saturated rings. The van der Waals surface area contributed by atoms with Crippen molar-refractivity contribution in [1.82, 2.24) is 9.80 Å². The van der Waals surface area contributed by atoms with Crippen LogP contribution >= 0.6 is 0 Å². The molecule has 0 spiro atoms. The van der Waals surface area contributed by atoms with Crippen molar-refractivity contribution in [3.8, 4) is 0 Å². The number of rotatable bonds is 2. The second-order valence-electron chi connectivity index (χ2n) is 3.16. The minimum atomic E-state index is 0.131. The molecule has 0 aliphatic carbocycles. The van der Waals surface area contributed by atoms with E-state index in [0.29, 0.717) is 32.6 Å². The van der Waals surface area contributed by atoms with Gasteiger partial charge in [-0.3, -0.25) is 9.59 Å². The van der Waals surface area contributed by atoms with Crippen LogP contribution in [-0.2, 0) is 9.59 Å². The van der Waals surface area contributed by atoms with Gasteiger partial charge in [-0.1, -0.05) is 13.8 Å². The van der Waals surface area contributed by atoms with Gasteiger partial charge in [-0.05, 0) is 0 Å². The molecule has 0 radical (unpaired) electrons. The van der Waals surface area contributed by atoms with Crippen molar-refractivity contribution >= 4 is 11.8 Å². The fraction of sp³-hybridized carbons (Fsp3) is 0.778. The molecule has 1 aliphatic heterocycles. The Labute approximate surface area is 78.5 Å². The maximum absolute atomic E-state index is 11.3. The van der Waals surface area contributed by atoms with Crippen molar-refractivity contribution in [3.05, 3.63) is 0 Å². The first-order chi connectivity index (χ1) is 6.19. The van der Waals surface area contributed by atoms with Crippen LogP contribution in [0.25, 0.3) is 0 Å². The van der Waals surface area contributed by atoms with Gasteiger partial charge in [0.05, 0.1) is 6.67 Å². The van der Waals surface area contributed by atoms with Gasteiger partial charge in [0, 0.05) is 25.9 Å². The molecule has 0 aromatic rings. The molecule has 2 amide bonds. The van der Waals surface area contributed by atoms with Crippen LogP contribution in [0.4, 0.5) is 0 Å². The van der Waals surface area contributed by atoms with Crippen molar-refractivity contribution in [2.75, 3.05) is 19.8 Å². The Kier molecular flexibility index (Phi) is 3.28. The van der Waals surface area contributed by atoms with Gasteiger partial charge in [-0.15, -0.1) is 0 Å². The summed E-state index contributed by atoms with van der Waals surface area (Å²) in [5.74, 6) is 0.262. The molecule has 13 heavy (non-hydrogen) atoms. The summed E-state index contributed by atoms with van der Waals surface area (Å²) in [5.41, 5.74) is 0. The fourth-order valence-electron chi connectivity index (χ4n) is 1.44. The molecule has 1 rings (SSSR count). The van der Waals surface area contributed by atoms with Crippen LogP contribution in [0.1, 0.15) is 26.7 Å². The molecular formula is C9H16N2O2. The first kappa shape index (κ1) is 10.0. The van der Waals surface area contributed by atoms with E-state index in [0.717, 1.165) is 0 Å². The molecule has 0 aromatic carbocycles. The Morgan fingerprint density at radius 3 is 1.69 bits per heavy atom. The van der Waals surface area contributed by atoms with Crippen molar-refractivity contribution < 1.29 is 9.59 Å². The van der Waals surface area contributed by atoms with Crippen molar-refractivity contribution in [2.24, 2.45) is 0 Å². The first-order valence-electron chi connectivity index (χ1n) is 4.74. The second-order valence-corrected chi connectivity index (χ2v) is 3.16. The van der Waals surface area contributed by atoms with Gasteiger partial charge in [0.25, 0.3) is 0 Å². The highest BCUT2D eigenvalue weighted by molar-refractivity contribution is 5.79. The van der Waals surface area contributed by atoms with E-state index in [1.165, 1.54) is 0 Å². The quantitative estimate of drug-likeness (QED) is 0.624. The highest BCUT2D eigenvalue weighted by Gasteiger charge is 2.25. The van der Waals surface area contributed by atoms with E-state index >= 15 is 0 Å². The summed E-state index contributed by atoms with van der Waals surface area (Å²) >= 11 is 0. The zero-order chi connectivity index (χ0) is 9.84. The molecular weight excluding hydrogens is 168 g/mol. The molecule has 0 N–H and O–H groups in total. The topological polar surface area (TPSA) is 40.6 Å². The van der Waals surface area contributed by atoms with Gasteiger partial charge in [0.1, 0.15) is 0 Å². The van der Waals surface area contributed by atoms with Crippen molar-refractivity contribution in [3.63, 3.8) is 0 Å². The lowest BCUT2D eigenvalue weighted by Gasteiger charge is -2.17. The Balaban J connectivity index is 2.44. The fourth-order valence-corrected chi connectivity index (χ4v) is 1.44. The molecule has 0 saturated carbocycles. The van der Waals surface area contributed by atoms with Gasteiger partial charge in [0.2, 0.25) is 11.8 Å². The number of carbonyl (C=O) groups excluding carboxylic acids is 2. The van der Waals surface area contributed by atoms with Crippen LogP contribution in [0.15, 0.2) is 0 Å². The molecule has 0 aromatic heterocycles. The molecule has 0 bridgehead atoms. The minimum absolute atomic E-state index is 0.131. The van der Waals surface area contributed by atoms with E-state index in [2.05, 4.69) is 0 Å². The van der Waals surface area contributed by atoms with Gasteiger partial charge in [-0.25, -0.2) is 0 Å². The maximum Gasteiger partial charge on any atom is 0.223 e. The van der Waals surface area contributed by atoms with Crippen LogP contribution in [-0.4, -0.2) is 41.4 Å². The molecule has 1 saturated heterocycles. The largest absolute Gasteiger partial charge is 0.323 e. The van der Waals surface area contributed by atoms with E-state index in [9.17, 15) is 9.59 Å². The summed E-state index contributed by atoms with van der Waals surface area (Å²) in [7, 11) is 0. The predicted molar refractivity (Wildman–Crippen MR) is 48.9 cm³/mol. The molecule has 1 heterocycles. The lowest BCUT2D eigenvalue weighted by atomic mass is 10.4. The number of hydrogen-bond donors (Lipinski definition) is 0. The number of hydrogen-bond acceptors (Lipinski definition) is 2. The van der Waals surface area contributed by atoms with Crippen LogP contribution in [0.3, 0.4) is 0 Å². The highest BCUT2D eigenvalue weighted by Crippen LogP contribution is 2.07. The van der Waals surface area contributed by atoms with E-state index in [1.807, 2.05) is 13.8 Å². The van der Waals surface area contributed by atoms with Gasteiger partial charge < -0.3 is 9.80 Å². The van der Waals surface area contributed by atoms with Gasteiger partial charge in [0.15, 0.2) is 0 Å². The molecule has 4 heteroatoms.